The van der Waals surface area contributed by atoms with Crippen LogP contribution in [0.3, 0.4) is 0 Å². The van der Waals surface area contributed by atoms with Gasteiger partial charge in [0.15, 0.2) is 0 Å². The van der Waals surface area contributed by atoms with Crippen molar-refractivity contribution in [2.24, 2.45) is 0 Å². The summed E-state index contributed by atoms with van der Waals surface area (Å²) in [6, 6.07) is 3.86. The molecule has 1 saturated heterocycles. The van der Waals surface area contributed by atoms with Gasteiger partial charge in [-0.15, -0.1) is 0 Å². The number of carbonyl (C=O) groups is 1. The van der Waals surface area contributed by atoms with Crippen molar-refractivity contribution in [1.82, 2.24) is 9.21 Å². The molecule has 2 rings (SSSR count). The highest BCUT2D eigenvalue weighted by Gasteiger charge is 2.31. The highest BCUT2D eigenvalue weighted by atomic mass is 35.5. The lowest BCUT2D eigenvalue weighted by atomic mass is 10.1. The first-order chi connectivity index (χ1) is 10.7. The summed E-state index contributed by atoms with van der Waals surface area (Å²) in [5.41, 5.74) is 0.528. The number of aliphatic carboxylic acids is 1. The van der Waals surface area contributed by atoms with Crippen LogP contribution in [0.2, 0.25) is 10.0 Å². The summed E-state index contributed by atoms with van der Waals surface area (Å²) in [4.78, 5) is 13.5. The first-order valence-electron chi connectivity index (χ1n) is 7.07. The van der Waals surface area contributed by atoms with Crippen LogP contribution in [0.1, 0.15) is 18.0 Å². The topological polar surface area (TPSA) is 77.9 Å². The van der Waals surface area contributed by atoms with Crippen LogP contribution in [0.25, 0.3) is 0 Å². The third kappa shape index (κ3) is 4.58. The van der Waals surface area contributed by atoms with Crippen LogP contribution < -0.4 is 0 Å². The van der Waals surface area contributed by atoms with Gasteiger partial charge in [0, 0.05) is 26.2 Å². The number of hydrogen-bond acceptors (Lipinski definition) is 4. The molecule has 9 heteroatoms. The Kier molecular flexibility index (Phi) is 5.91. The van der Waals surface area contributed by atoms with E-state index < -0.39 is 22.0 Å². The molecule has 1 aromatic carbocycles. The second kappa shape index (κ2) is 7.36. The van der Waals surface area contributed by atoms with Crippen LogP contribution >= 0.6 is 23.2 Å². The molecule has 6 nitrogen and oxygen atoms in total. The Bertz CT molecular complexity index is 696. The Morgan fingerprint density at radius 1 is 1.17 bits per heavy atom. The number of rotatable bonds is 4. The first-order valence-corrected chi connectivity index (χ1v) is 9.67. The number of benzene rings is 1. The minimum absolute atomic E-state index is 0.268. The fraction of sp³-hybridized carbons (Fsp3) is 0.500. The van der Waals surface area contributed by atoms with E-state index in [1.54, 1.807) is 23.1 Å². The average Bonchev–Trinajstić information content (AvgIpc) is 2.68. The van der Waals surface area contributed by atoms with E-state index in [1.807, 2.05) is 0 Å². The SMILES string of the molecule is CS(=O)(=O)N1CCCN(C(C(=O)O)c2ccc(Cl)c(Cl)c2)CC1. The van der Waals surface area contributed by atoms with Gasteiger partial charge in [-0.05, 0) is 24.1 Å². The number of carboxylic acids is 1. The lowest BCUT2D eigenvalue weighted by Gasteiger charge is -2.28. The minimum Gasteiger partial charge on any atom is -0.480 e. The Hall–Kier alpha value is -0.860. The number of hydrogen-bond donors (Lipinski definition) is 1. The number of carboxylic acid groups (broad SMARTS) is 1. The average molecular weight is 381 g/mol. The fourth-order valence-corrected chi connectivity index (χ4v) is 3.88. The molecule has 1 fully saturated rings. The molecule has 0 aliphatic carbocycles. The molecular formula is C14H18Cl2N2O4S. The molecule has 1 atom stereocenters. The Morgan fingerprint density at radius 2 is 1.87 bits per heavy atom. The summed E-state index contributed by atoms with van der Waals surface area (Å²) in [7, 11) is -3.27. The van der Waals surface area contributed by atoms with Crippen molar-refractivity contribution in [3.05, 3.63) is 33.8 Å². The second-order valence-corrected chi connectivity index (χ2v) is 8.26. The van der Waals surface area contributed by atoms with Crippen molar-refractivity contribution in [3.8, 4) is 0 Å². The maximum atomic E-state index is 11.7. The second-order valence-electron chi connectivity index (χ2n) is 5.47. The maximum Gasteiger partial charge on any atom is 0.325 e. The van der Waals surface area contributed by atoms with Gasteiger partial charge < -0.3 is 5.11 Å². The van der Waals surface area contributed by atoms with Gasteiger partial charge in [0.2, 0.25) is 10.0 Å². The van der Waals surface area contributed by atoms with Gasteiger partial charge >= 0.3 is 5.97 Å². The standard InChI is InChI=1S/C14H18Cl2N2O4S/c1-23(21,22)18-6-2-5-17(7-8-18)13(14(19)20)10-3-4-11(15)12(16)9-10/h3-4,9,13H,2,5-8H2,1H3,(H,19,20). The van der Waals surface area contributed by atoms with Crippen LogP contribution in [-0.2, 0) is 14.8 Å². The van der Waals surface area contributed by atoms with Gasteiger partial charge in [-0.1, -0.05) is 29.3 Å². The van der Waals surface area contributed by atoms with E-state index in [2.05, 4.69) is 0 Å². The van der Waals surface area contributed by atoms with Crippen molar-refractivity contribution in [1.29, 1.82) is 0 Å². The number of nitrogens with zero attached hydrogens (tertiary/aromatic N) is 2. The normalized spacial score (nSPS) is 19.3. The predicted octanol–water partition coefficient (Wildman–Crippen LogP) is 2.09. The van der Waals surface area contributed by atoms with E-state index in [1.165, 1.54) is 4.31 Å². The molecule has 1 aromatic rings. The van der Waals surface area contributed by atoms with Crippen LogP contribution in [-0.4, -0.2) is 61.1 Å². The van der Waals surface area contributed by atoms with E-state index >= 15 is 0 Å². The number of halogens is 2. The molecule has 0 amide bonds. The quantitative estimate of drug-likeness (QED) is 0.864. The van der Waals surface area contributed by atoms with Gasteiger partial charge in [-0.3, -0.25) is 9.69 Å². The van der Waals surface area contributed by atoms with Crippen LogP contribution in [0, 0.1) is 0 Å². The van der Waals surface area contributed by atoms with E-state index in [0.717, 1.165) is 6.26 Å². The van der Waals surface area contributed by atoms with Gasteiger partial charge in [0.1, 0.15) is 6.04 Å². The molecule has 0 bridgehead atoms. The van der Waals surface area contributed by atoms with Gasteiger partial charge in [-0.2, -0.15) is 0 Å². The highest BCUT2D eigenvalue weighted by molar-refractivity contribution is 7.88. The summed E-state index contributed by atoms with van der Waals surface area (Å²) < 4.78 is 24.7. The summed E-state index contributed by atoms with van der Waals surface area (Å²) in [5.74, 6) is -1.00. The zero-order valence-electron chi connectivity index (χ0n) is 12.6. The summed E-state index contributed by atoms with van der Waals surface area (Å²) in [6.45, 7) is 1.49. The Balaban J connectivity index is 2.24. The molecule has 128 valence electrons. The third-order valence-corrected chi connectivity index (χ3v) is 5.86. The molecule has 1 unspecified atom stereocenters. The molecule has 1 aliphatic heterocycles. The minimum atomic E-state index is -3.27. The third-order valence-electron chi connectivity index (χ3n) is 3.82. The monoisotopic (exact) mass is 380 g/mol. The summed E-state index contributed by atoms with van der Waals surface area (Å²) in [6.07, 6.45) is 1.73. The molecule has 1 N–H and O–H groups in total. The first kappa shape index (κ1) is 18.5. The van der Waals surface area contributed by atoms with Crippen LogP contribution in [0.15, 0.2) is 18.2 Å². The van der Waals surface area contributed by atoms with Crippen LogP contribution in [0.4, 0.5) is 0 Å². The predicted molar refractivity (Wildman–Crippen MR) is 89.4 cm³/mol. The van der Waals surface area contributed by atoms with E-state index in [9.17, 15) is 18.3 Å². The Labute approximate surface area is 145 Å². The largest absolute Gasteiger partial charge is 0.480 e. The van der Waals surface area contributed by atoms with Crippen molar-refractivity contribution in [3.63, 3.8) is 0 Å². The molecule has 0 spiro atoms. The molecule has 0 aromatic heterocycles. The van der Waals surface area contributed by atoms with Gasteiger partial charge in [-0.25, -0.2) is 12.7 Å². The fourth-order valence-electron chi connectivity index (χ4n) is 2.70. The highest BCUT2D eigenvalue weighted by Crippen LogP contribution is 2.29. The lowest BCUT2D eigenvalue weighted by Crippen LogP contribution is -2.38. The van der Waals surface area contributed by atoms with Crippen molar-refractivity contribution in [2.75, 3.05) is 32.4 Å². The molecular weight excluding hydrogens is 363 g/mol. The molecule has 1 heterocycles. The zero-order chi connectivity index (χ0) is 17.2. The molecule has 23 heavy (non-hydrogen) atoms. The Morgan fingerprint density at radius 3 is 2.43 bits per heavy atom. The van der Waals surface area contributed by atoms with E-state index in [4.69, 9.17) is 23.2 Å². The molecule has 1 aliphatic rings. The van der Waals surface area contributed by atoms with Crippen molar-refractivity contribution < 1.29 is 18.3 Å². The van der Waals surface area contributed by atoms with Crippen molar-refractivity contribution >= 4 is 39.2 Å². The van der Waals surface area contributed by atoms with Gasteiger partial charge in [0.05, 0.1) is 16.3 Å². The van der Waals surface area contributed by atoms with Gasteiger partial charge in [0.25, 0.3) is 0 Å². The van der Waals surface area contributed by atoms with E-state index in [-0.39, 0.29) is 6.54 Å². The van der Waals surface area contributed by atoms with Crippen LogP contribution in [0.5, 0.6) is 0 Å². The number of sulfonamides is 1. The van der Waals surface area contributed by atoms with E-state index in [0.29, 0.717) is 41.7 Å². The zero-order valence-corrected chi connectivity index (χ0v) is 14.9. The summed E-state index contributed by atoms with van der Waals surface area (Å²) >= 11 is 11.9. The summed E-state index contributed by atoms with van der Waals surface area (Å²) in [5, 5.41) is 10.3. The molecule has 0 radical (unpaired) electrons. The van der Waals surface area contributed by atoms with Crippen molar-refractivity contribution in [2.45, 2.75) is 12.5 Å². The smallest absolute Gasteiger partial charge is 0.325 e. The maximum absolute atomic E-state index is 11.7. The molecule has 0 saturated carbocycles. The lowest BCUT2D eigenvalue weighted by molar-refractivity contribution is -0.143.